The molecule has 7 unspecified atom stereocenters. The number of nitrogens with one attached hydrogen (secondary N) is 3. The molecule has 39 nitrogen and oxygen atoms in total. The van der Waals surface area contributed by atoms with Gasteiger partial charge in [-0.05, 0) is 20.8 Å². The molecule has 9 rings (SSSR count). The highest BCUT2D eigenvalue weighted by Gasteiger charge is 2.52. The Morgan fingerprint density at radius 2 is 1.23 bits per heavy atom. The first kappa shape index (κ1) is 58.5. The van der Waals surface area contributed by atoms with Gasteiger partial charge in [-0.25, -0.2) is 28.1 Å². The minimum atomic E-state index is -6.61. The van der Waals surface area contributed by atoms with Gasteiger partial charge in [-0.3, -0.25) is 56.3 Å². The smallest absolute Gasteiger partial charge is 0.313 e. The van der Waals surface area contributed by atoms with Gasteiger partial charge in [0.25, 0.3) is 53.9 Å². The van der Waals surface area contributed by atoms with Crippen molar-refractivity contribution < 1.29 is 108 Å². The second-order valence-electron chi connectivity index (χ2n) is 17.9. The van der Waals surface area contributed by atoms with Gasteiger partial charge in [0.1, 0.15) is 60.8 Å². The first-order valence-electron chi connectivity index (χ1n) is 22.9. The van der Waals surface area contributed by atoms with Gasteiger partial charge in [0.2, 0.25) is 17.7 Å². The average molecular weight is 1200 g/mol. The highest BCUT2D eigenvalue weighted by atomic mass is 31.3. The number of hydrogen-bond donors (Lipinski definition) is 8. The molecule has 0 aromatic carbocycles. The predicted octanol–water partition coefficient (Wildman–Crippen LogP) is -5.79. The fourth-order valence-corrected chi connectivity index (χ4v) is 13.2. The fraction of sp³-hybridized carbons (Fsp3) is 0.583. The van der Waals surface area contributed by atoms with E-state index in [4.69, 9.17) is 48.7 Å². The number of aryl methyl sites for hydroxylation is 2. The van der Waals surface area contributed by atoms with Crippen LogP contribution in [0.4, 0.5) is 11.9 Å². The molecule has 10 N–H and O–H groups in total. The summed E-state index contributed by atoms with van der Waals surface area (Å²) in [5, 5.41) is 32.9. The van der Waals surface area contributed by atoms with Gasteiger partial charge in [-0.1, -0.05) is 4.98 Å². The van der Waals surface area contributed by atoms with Crippen LogP contribution in [0.2, 0.25) is 0 Å². The van der Waals surface area contributed by atoms with E-state index in [0.717, 1.165) is 28.9 Å². The quantitative estimate of drug-likeness (QED) is 0.0246. The number of hydrogen-bond acceptors (Lipinski definition) is 32. The maximum Gasteiger partial charge on any atom is 0.313 e. The van der Waals surface area contributed by atoms with Gasteiger partial charge < -0.3 is 93.1 Å². The number of ether oxygens (including phenoxy) is 5. The minimum Gasteiger partial charge on any atom is -0.756 e. The topological polar surface area (TPSA) is 556 Å². The fourth-order valence-electron chi connectivity index (χ4n) is 8.89. The van der Waals surface area contributed by atoms with Crippen LogP contribution < -0.4 is 52.3 Å². The lowest BCUT2D eigenvalue weighted by Gasteiger charge is -2.35. The number of nitrogen functional groups attached to an aromatic ring is 2. The van der Waals surface area contributed by atoms with Crippen molar-refractivity contribution in [1.29, 1.82) is 0 Å². The third-order valence-corrected chi connectivity index (χ3v) is 17.2. The third-order valence-electron chi connectivity index (χ3n) is 12.1. The van der Waals surface area contributed by atoms with E-state index < -0.39 is 153 Å². The lowest BCUT2D eigenvalue weighted by molar-refractivity contribution is -0.745. The van der Waals surface area contributed by atoms with Crippen molar-refractivity contribution in [2.24, 2.45) is 7.05 Å². The second-order valence-corrected chi connectivity index (χ2v) is 23.8. The van der Waals surface area contributed by atoms with Crippen molar-refractivity contribution in [3.8, 4) is 0 Å². The van der Waals surface area contributed by atoms with Crippen LogP contribution in [0.3, 0.4) is 0 Å². The monoisotopic (exact) mass is 1200 g/mol. The summed E-state index contributed by atoms with van der Waals surface area (Å²) < 4.78 is 114. The van der Waals surface area contributed by atoms with Gasteiger partial charge in [-0.2, -0.15) is 4.98 Å². The molecule has 3 fully saturated rings. The number of anilines is 2. The number of aromatic amines is 3. The molecule has 3 aliphatic rings. The largest absolute Gasteiger partial charge is 0.756 e. The van der Waals surface area contributed by atoms with Crippen LogP contribution in [0.25, 0.3) is 33.5 Å². The summed E-state index contributed by atoms with van der Waals surface area (Å²) in [4.78, 5) is 117. The van der Waals surface area contributed by atoms with Gasteiger partial charge in [0.15, 0.2) is 41.1 Å². The highest BCUT2D eigenvalue weighted by Crippen LogP contribution is 2.63. The van der Waals surface area contributed by atoms with Crippen LogP contribution in [0, 0.1) is 6.92 Å². The molecule has 3 saturated heterocycles. The number of phosphoric ester groups is 3. The molecule has 0 aliphatic carbocycles. The first-order valence-corrected chi connectivity index (χ1v) is 28.7. The molecule has 16 atom stereocenters. The number of H-pyrrole nitrogens is 3. The highest BCUT2D eigenvalue weighted by molar-refractivity contribution is 7.65. The molecular weight excluding hydrogens is 1150 g/mol. The number of fused-ring (bicyclic) bond motifs is 3. The van der Waals surface area contributed by atoms with E-state index in [-0.39, 0.29) is 45.3 Å². The number of aromatic nitrogens is 12. The maximum absolute atomic E-state index is 13.8. The SMILES string of the molecule is COC1[C@@H](OP(=O)([O-])OC[C@H]2O[C@@H](n3cnc4c(=O)[nH]c(C)nc43)C(O)[C@H]2OC(C)C)[C@@H](COP(=O)([O-])OP(=O)([O-])OP(=O)([O-])OC[C@H]2O[C@@H]([n+]3cn(C)c4c(=O)[nH]c(N)nc43)[C@@H](O)C2O)O[C@H]1n1cnc2c(=O)[nH]c(N)nc21. The van der Waals surface area contributed by atoms with Gasteiger partial charge >= 0.3 is 5.65 Å². The Morgan fingerprint density at radius 3 is 1.85 bits per heavy atom. The van der Waals surface area contributed by atoms with Gasteiger partial charge in [0.05, 0.1) is 45.6 Å². The van der Waals surface area contributed by atoms with Crippen LogP contribution in [-0.2, 0) is 75.7 Å². The van der Waals surface area contributed by atoms with E-state index in [9.17, 15) is 67.5 Å². The number of rotatable bonds is 21. The lowest BCUT2D eigenvalue weighted by atomic mass is 10.1. The number of imidazole rings is 3. The zero-order valence-corrected chi connectivity index (χ0v) is 44.7. The second kappa shape index (κ2) is 22.0. The zero-order chi connectivity index (χ0) is 57.4. The Morgan fingerprint density at radius 1 is 0.696 bits per heavy atom. The van der Waals surface area contributed by atoms with Crippen LogP contribution in [-0.4, -0.2) is 157 Å². The summed E-state index contributed by atoms with van der Waals surface area (Å²) in [6, 6.07) is 0. The Kier molecular flexibility index (Phi) is 16.3. The molecule has 79 heavy (non-hydrogen) atoms. The van der Waals surface area contributed by atoms with Crippen molar-refractivity contribution in [3.05, 3.63) is 55.9 Å². The summed E-state index contributed by atoms with van der Waals surface area (Å²) >= 11 is 0. The van der Waals surface area contributed by atoms with E-state index in [1.807, 2.05) is 0 Å². The van der Waals surface area contributed by atoms with E-state index in [1.165, 1.54) is 29.4 Å². The standard InChI is InChI=1S/C36H50N14O25P4/c1-12(2)69-23-15(71-33(22(23)53)48-9-39-17-26(48)41-13(3)42-29(17)54)7-66-76(57,58)73-24-16(72-34(25(24)65-5)49-10-40-18-27(49)43-35(37)45-30(18)55)8-68-78(61,62)75-79(63,64)74-77(59,60)67-6-14-20(51)21(52)32(70-14)50-11-47(4)19-28(50)44-36(38)46-31(19)56/h9-12,14-16,20-25,32-34,51-53H,6-8H2,1-5H3,(H10-,37,38,41,42,43,44,45,46,54,55,56,57,58,59,60,61,62,63,64)/p-3/t14-,15-,16-,20?,21+,22?,23+,24+,25?,32-,33-,34-/m1/s1. The number of methoxy groups -OCH3 is 1. The molecule has 0 spiro atoms. The van der Waals surface area contributed by atoms with Crippen molar-refractivity contribution >= 4 is 76.7 Å². The molecule has 0 amide bonds. The number of nitrogens with two attached hydrogens (primary N) is 2. The van der Waals surface area contributed by atoms with Crippen LogP contribution in [0.15, 0.2) is 33.4 Å². The number of nitrogens with zero attached hydrogens (tertiary/aromatic N) is 9. The summed E-state index contributed by atoms with van der Waals surface area (Å²) in [6.45, 7) is 1.07. The van der Waals surface area contributed by atoms with Crippen molar-refractivity contribution in [2.75, 3.05) is 38.4 Å². The molecule has 434 valence electrons. The number of aliphatic hydroxyl groups is 3. The predicted molar refractivity (Wildman–Crippen MR) is 247 cm³/mol. The van der Waals surface area contributed by atoms with E-state index >= 15 is 0 Å². The summed E-state index contributed by atoms with van der Waals surface area (Å²) in [5.74, 6) is -0.562. The Bertz CT molecular complexity index is 3660. The van der Waals surface area contributed by atoms with Crippen molar-refractivity contribution in [1.82, 2.24) is 53.6 Å². The molecule has 43 heteroatoms. The molecule has 6 aromatic rings. The van der Waals surface area contributed by atoms with E-state index in [1.54, 1.807) is 13.8 Å². The average Bonchev–Trinajstić information content (AvgIpc) is 4.38. The zero-order valence-electron chi connectivity index (χ0n) is 41.2. The minimum absolute atomic E-state index is 0.00181. The molecule has 0 saturated carbocycles. The van der Waals surface area contributed by atoms with Crippen LogP contribution in [0.5, 0.6) is 0 Å². The third kappa shape index (κ3) is 12.1. The molecular formula is C36H47N14O25P4-3. The molecule has 9 heterocycles. The maximum atomic E-state index is 13.8. The Labute approximate surface area is 439 Å². The lowest BCUT2D eigenvalue weighted by Crippen LogP contribution is -2.46. The molecule has 3 aliphatic heterocycles. The molecule has 0 bridgehead atoms. The summed E-state index contributed by atoms with van der Waals surface area (Å²) in [7, 11) is -22.5. The number of aliphatic hydroxyl groups excluding tert-OH is 3. The van der Waals surface area contributed by atoms with Gasteiger partial charge in [0, 0.05) is 7.11 Å². The van der Waals surface area contributed by atoms with Crippen LogP contribution in [0.1, 0.15) is 38.4 Å². The summed E-state index contributed by atoms with van der Waals surface area (Å²) in [5.41, 5.74) is 8.38. The van der Waals surface area contributed by atoms with Crippen molar-refractivity contribution in [2.45, 2.75) is 100 Å². The van der Waals surface area contributed by atoms with Crippen molar-refractivity contribution in [3.63, 3.8) is 0 Å². The first-order chi connectivity index (χ1) is 37.0. The van der Waals surface area contributed by atoms with Gasteiger partial charge in [-0.15, -0.1) is 0 Å². The van der Waals surface area contributed by atoms with E-state index in [0.29, 0.717) is 0 Å². The van der Waals surface area contributed by atoms with Crippen LogP contribution >= 0.6 is 31.3 Å². The normalized spacial score (nSPS) is 29.6. The summed E-state index contributed by atoms with van der Waals surface area (Å²) in [6.07, 6.45) is -17.4. The number of phosphoric acid groups is 4. The molecule has 6 aromatic heterocycles. The van der Waals surface area contributed by atoms with E-state index in [2.05, 4.69) is 53.0 Å². The molecule has 0 radical (unpaired) electrons. The Hall–Kier alpha value is -5.15. The Balaban J connectivity index is 0.887.